The third-order valence-corrected chi connectivity index (χ3v) is 6.99. The minimum absolute atomic E-state index is 0.169. The lowest BCUT2D eigenvalue weighted by Gasteiger charge is -2.19. The zero-order valence-electron chi connectivity index (χ0n) is 25.9. The van der Waals surface area contributed by atoms with Gasteiger partial charge in [0.05, 0.1) is 24.3 Å². The number of hydrogen-bond donors (Lipinski definition) is 3. The summed E-state index contributed by atoms with van der Waals surface area (Å²) in [4.78, 5) is 38.1. The second kappa shape index (κ2) is 13.5. The monoisotopic (exact) mass is 607 g/mol. The summed E-state index contributed by atoms with van der Waals surface area (Å²) in [5.41, 5.74) is 5.97. The van der Waals surface area contributed by atoms with Gasteiger partial charge in [0, 0.05) is 11.4 Å². The first-order chi connectivity index (χ1) is 21.6. The molecule has 0 aromatic heterocycles. The number of ether oxygens (including phenoxy) is 3. The Morgan fingerprint density at radius 1 is 0.711 bits per heavy atom. The van der Waals surface area contributed by atoms with Crippen LogP contribution in [0.4, 0.5) is 16.2 Å². The van der Waals surface area contributed by atoms with E-state index in [1.807, 2.05) is 55.5 Å². The number of nitrogens with one attached hydrogen (secondary N) is 3. The topological polar surface area (TPSA) is 115 Å². The molecule has 1 aliphatic rings. The predicted octanol–water partition coefficient (Wildman–Crippen LogP) is 7.06. The summed E-state index contributed by atoms with van der Waals surface area (Å²) in [5.74, 6) is 0.416. The first kappa shape index (κ1) is 31.1. The van der Waals surface area contributed by atoms with E-state index in [2.05, 4.69) is 16.0 Å². The van der Waals surface area contributed by atoms with Crippen molar-refractivity contribution in [2.45, 2.75) is 39.7 Å². The molecule has 1 aliphatic carbocycles. The van der Waals surface area contributed by atoms with E-state index in [1.165, 1.54) is 0 Å². The summed E-state index contributed by atoms with van der Waals surface area (Å²) in [5, 5.41) is 8.62. The number of rotatable bonds is 10. The van der Waals surface area contributed by atoms with E-state index in [1.54, 1.807) is 57.2 Å². The van der Waals surface area contributed by atoms with Crippen LogP contribution in [0.2, 0.25) is 0 Å². The lowest BCUT2D eigenvalue weighted by atomic mass is 10.0. The molecule has 5 rings (SSSR count). The van der Waals surface area contributed by atoms with Gasteiger partial charge in [-0.05, 0) is 105 Å². The number of amides is 3. The van der Waals surface area contributed by atoms with Gasteiger partial charge in [0.15, 0.2) is 0 Å². The predicted molar refractivity (Wildman–Crippen MR) is 174 cm³/mol. The Balaban J connectivity index is 1.21. The number of hydrogen-bond acceptors (Lipinski definition) is 6. The number of anilines is 2. The van der Waals surface area contributed by atoms with E-state index in [0.29, 0.717) is 47.0 Å². The van der Waals surface area contributed by atoms with Crippen molar-refractivity contribution in [3.8, 4) is 22.6 Å². The highest BCUT2D eigenvalue weighted by atomic mass is 16.6. The van der Waals surface area contributed by atoms with Crippen molar-refractivity contribution in [3.05, 3.63) is 107 Å². The normalized spacial score (nSPS) is 11.6. The molecule has 0 fully saturated rings. The highest BCUT2D eigenvalue weighted by Gasteiger charge is 2.21. The average Bonchev–Trinajstić information content (AvgIpc) is 3.36. The second-order valence-corrected chi connectivity index (χ2v) is 11.5. The highest BCUT2D eigenvalue weighted by molar-refractivity contribution is 6.07. The standard InChI is InChI=1S/C36H37N3O6/c1-5-43-31-12-8-6-10-29(31)33(40)38-25-14-16-27-23(21-25)20-24-22-26(15-17-28(24)27)39-34(41)30-11-7-9-13-32(30)44-19-18-37-35(42)45-36(2,3)4/h6-17,21-22H,5,18-20H2,1-4H3,(H,37,42)(H,38,40)(H,39,41). The Morgan fingerprint density at radius 2 is 1.22 bits per heavy atom. The molecule has 0 saturated heterocycles. The maximum atomic E-state index is 13.3. The van der Waals surface area contributed by atoms with E-state index in [-0.39, 0.29) is 25.0 Å². The van der Waals surface area contributed by atoms with Gasteiger partial charge in [0.1, 0.15) is 23.7 Å². The van der Waals surface area contributed by atoms with Crippen LogP contribution in [0.5, 0.6) is 11.5 Å². The third-order valence-electron chi connectivity index (χ3n) is 6.99. The lowest BCUT2D eigenvalue weighted by Crippen LogP contribution is -2.34. The van der Waals surface area contributed by atoms with Crippen molar-refractivity contribution < 1.29 is 28.6 Å². The first-order valence-corrected chi connectivity index (χ1v) is 14.9. The van der Waals surface area contributed by atoms with E-state index < -0.39 is 11.7 Å². The molecule has 3 amide bonds. The Morgan fingerprint density at radius 3 is 1.73 bits per heavy atom. The van der Waals surface area contributed by atoms with E-state index >= 15 is 0 Å². The molecular formula is C36H37N3O6. The van der Waals surface area contributed by atoms with Crippen molar-refractivity contribution in [2.24, 2.45) is 0 Å². The van der Waals surface area contributed by atoms with Crippen LogP contribution >= 0.6 is 0 Å². The molecule has 0 spiro atoms. The van der Waals surface area contributed by atoms with Crippen molar-refractivity contribution >= 4 is 29.3 Å². The molecule has 4 aromatic carbocycles. The van der Waals surface area contributed by atoms with Gasteiger partial charge < -0.3 is 30.2 Å². The quantitative estimate of drug-likeness (QED) is 0.146. The molecule has 0 atom stereocenters. The molecule has 232 valence electrons. The minimum atomic E-state index is -0.589. The SMILES string of the molecule is CCOc1ccccc1C(=O)Nc1ccc2c(c1)Cc1cc(NC(=O)c3ccccc3OCCNC(=O)OC(C)(C)C)ccc1-2. The van der Waals surface area contributed by atoms with Gasteiger partial charge in [-0.2, -0.15) is 0 Å². The number of carbonyl (C=O) groups excluding carboxylic acids is 3. The lowest BCUT2D eigenvalue weighted by molar-refractivity contribution is 0.0519. The van der Waals surface area contributed by atoms with E-state index in [0.717, 1.165) is 22.3 Å². The van der Waals surface area contributed by atoms with Gasteiger partial charge in [0.25, 0.3) is 11.8 Å². The molecule has 9 nitrogen and oxygen atoms in total. The molecule has 3 N–H and O–H groups in total. The molecule has 45 heavy (non-hydrogen) atoms. The second-order valence-electron chi connectivity index (χ2n) is 11.5. The summed E-state index contributed by atoms with van der Waals surface area (Å²) >= 11 is 0. The molecule has 4 aromatic rings. The van der Waals surface area contributed by atoms with Crippen LogP contribution in [0.1, 0.15) is 59.5 Å². The molecule has 0 saturated carbocycles. The van der Waals surface area contributed by atoms with Gasteiger partial charge in [0.2, 0.25) is 0 Å². The number of benzene rings is 4. The number of carbonyl (C=O) groups is 3. The van der Waals surface area contributed by atoms with Gasteiger partial charge >= 0.3 is 6.09 Å². The molecule has 0 radical (unpaired) electrons. The van der Waals surface area contributed by atoms with Crippen molar-refractivity contribution in [3.63, 3.8) is 0 Å². The maximum absolute atomic E-state index is 13.3. The Kier molecular flexibility index (Phi) is 9.37. The van der Waals surface area contributed by atoms with Gasteiger partial charge in [-0.3, -0.25) is 9.59 Å². The number of para-hydroxylation sites is 2. The van der Waals surface area contributed by atoms with Crippen LogP contribution in [-0.4, -0.2) is 43.3 Å². The van der Waals surface area contributed by atoms with Crippen molar-refractivity contribution in [1.82, 2.24) is 5.32 Å². The smallest absolute Gasteiger partial charge is 0.407 e. The Labute approximate surface area is 262 Å². The molecule has 0 heterocycles. The van der Waals surface area contributed by atoms with Gasteiger partial charge in [-0.1, -0.05) is 36.4 Å². The molecule has 0 bridgehead atoms. The fourth-order valence-electron chi connectivity index (χ4n) is 5.11. The van der Waals surface area contributed by atoms with Crippen LogP contribution in [0.15, 0.2) is 84.9 Å². The highest BCUT2D eigenvalue weighted by Crippen LogP contribution is 2.39. The summed E-state index contributed by atoms with van der Waals surface area (Å²) in [6.45, 7) is 8.13. The summed E-state index contributed by atoms with van der Waals surface area (Å²) in [6, 6.07) is 25.9. The van der Waals surface area contributed by atoms with Crippen LogP contribution in [0, 0.1) is 0 Å². The minimum Gasteiger partial charge on any atom is -0.493 e. The summed E-state index contributed by atoms with van der Waals surface area (Å²) in [7, 11) is 0. The number of alkyl carbamates (subject to hydrolysis) is 1. The zero-order chi connectivity index (χ0) is 32.0. The largest absolute Gasteiger partial charge is 0.493 e. The summed E-state index contributed by atoms with van der Waals surface area (Å²) < 4.78 is 16.7. The van der Waals surface area contributed by atoms with Crippen LogP contribution in [0.25, 0.3) is 11.1 Å². The molecular weight excluding hydrogens is 570 g/mol. The maximum Gasteiger partial charge on any atom is 0.407 e. The molecule has 0 unspecified atom stereocenters. The fraction of sp³-hybridized carbons (Fsp3) is 0.250. The Hall–Kier alpha value is -5.31. The third kappa shape index (κ3) is 7.80. The van der Waals surface area contributed by atoms with Crippen molar-refractivity contribution in [1.29, 1.82) is 0 Å². The number of fused-ring (bicyclic) bond motifs is 3. The first-order valence-electron chi connectivity index (χ1n) is 14.9. The molecule has 9 heteroatoms. The van der Waals surface area contributed by atoms with Crippen LogP contribution in [0.3, 0.4) is 0 Å². The molecule has 0 aliphatic heterocycles. The van der Waals surface area contributed by atoms with E-state index in [9.17, 15) is 14.4 Å². The Bertz CT molecular complexity index is 1730. The van der Waals surface area contributed by atoms with Crippen molar-refractivity contribution in [2.75, 3.05) is 30.4 Å². The summed E-state index contributed by atoms with van der Waals surface area (Å²) in [6.07, 6.45) is 0.137. The zero-order valence-corrected chi connectivity index (χ0v) is 25.9. The fourth-order valence-corrected chi connectivity index (χ4v) is 5.11. The van der Waals surface area contributed by atoms with E-state index in [4.69, 9.17) is 14.2 Å². The van der Waals surface area contributed by atoms with Gasteiger partial charge in [-0.25, -0.2) is 4.79 Å². The van der Waals surface area contributed by atoms with Crippen LogP contribution < -0.4 is 25.4 Å². The van der Waals surface area contributed by atoms with Gasteiger partial charge in [-0.15, -0.1) is 0 Å². The van der Waals surface area contributed by atoms with Crippen LogP contribution in [-0.2, 0) is 11.2 Å². The average molecular weight is 608 g/mol.